The van der Waals surface area contributed by atoms with Gasteiger partial charge in [-0.25, -0.2) is 4.39 Å². The van der Waals surface area contributed by atoms with Crippen molar-refractivity contribution in [1.29, 1.82) is 0 Å². The van der Waals surface area contributed by atoms with Crippen LogP contribution in [0.1, 0.15) is 27.2 Å². The zero-order valence-corrected chi connectivity index (χ0v) is 13.6. The lowest BCUT2D eigenvalue weighted by Crippen LogP contribution is -2.44. The molecule has 2 rings (SSSR count). The quantitative estimate of drug-likeness (QED) is 0.426. The molecule has 1 aromatic rings. The van der Waals surface area contributed by atoms with Crippen molar-refractivity contribution in [3.8, 4) is 0 Å². The maximum Gasteiger partial charge on any atom is 0.204 e. The number of carbonyl (C=O) groups excluding carboxylic acids is 2. The fourth-order valence-electron chi connectivity index (χ4n) is 2.90. The first-order chi connectivity index (χ1) is 10.9. The summed E-state index contributed by atoms with van der Waals surface area (Å²) < 4.78 is 12.9. The van der Waals surface area contributed by atoms with Gasteiger partial charge >= 0.3 is 0 Å². The molecule has 5 nitrogen and oxygen atoms in total. The predicted octanol–water partition coefficient (Wildman–Crippen LogP) is 2.17. The Morgan fingerprint density at radius 2 is 2.09 bits per heavy atom. The van der Waals surface area contributed by atoms with Crippen LogP contribution in [0.15, 0.2) is 35.5 Å². The summed E-state index contributed by atoms with van der Waals surface area (Å²) in [5.74, 6) is -1.20. The van der Waals surface area contributed by atoms with Gasteiger partial charge in [0.2, 0.25) is 5.78 Å². The molecule has 2 atom stereocenters. The minimum Gasteiger partial charge on any atom is -0.307 e. The molecule has 3 N–H and O–H groups in total. The van der Waals surface area contributed by atoms with E-state index < -0.39 is 17.2 Å². The van der Waals surface area contributed by atoms with Gasteiger partial charge in [0.25, 0.3) is 0 Å². The second-order valence-electron chi connectivity index (χ2n) is 5.98. The van der Waals surface area contributed by atoms with Crippen molar-refractivity contribution in [2.45, 2.75) is 32.7 Å². The standard InChI is InChI=1S/C17H22FN3O2/c1-4-17(3)16(15(23)10-22)14(9-19-17)11(2)20-21-13-7-5-12(18)6-8-13/h5-8,10,16,19-21H,4,9H2,1-3H3. The summed E-state index contributed by atoms with van der Waals surface area (Å²) in [5, 5.41) is 3.33. The fraction of sp³-hybridized carbons (Fsp3) is 0.412. The first-order valence-electron chi connectivity index (χ1n) is 7.62. The highest BCUT2D eigenvalue weighted by molar-refractivity contribution is 6.27. The van der Waals surface area contributed by atoms with Crippen LogP contribution in [0, 0.1) is 11.7 Å². The first kappa shape index (κ1) is 17.1. The second-order valence-corrected chi connectivity index (χ2v) is 5.98. The van der Waals surface area contributed by atoms with Crippen LogP contribution in [0.4, 0.5) is 10.1 Å². The molecule has 0 amide bonds. The van der Waals surface area contributed by atoms with Crippen LogP contribution in [0.2, 0.25) is 0 Å². The van der Waals surface area contributed by atoms with Crippen molar-refractivity contribution in [2.24, 2.45) is 5.92 Å². The molecule has 23 heavy (non-hydrogen) atoms. The molecule has 0 spiro atoms. The molecule has 0 bridgehead atoms. The Bertz CT molecular complexity index is 627. The zero-order valence-electron chi connectivity index (χ0n) is 13.6. The van der Waals surface area contributed by atoms with Crippen molar-refractivity contribution >= 4 is 17.8 Å². The lowest BCUT2D eigenvalue weighted by molar-refractivity contribution is -0.132. The monoisotopic (exact) mass is 319 g/mol. The van der Waals surface area contributed by atoms with E-state index in [4.69, 9.17) is 0 Å². The molecule has 124 valence electrons. The number of anilines is 1. The fourth-order valence-corrected chi connectivity index (χ4v) is 2.90. The van der Waals surface area contributed by atoms with Crippen molar-refractivity contribution in [1.82, 2.24) is 10.7 Å². The minimum atomic E-state index is -0.479. The number of hydrogen-bond acceptors (Lipinski definition) is 5. The highest BCUT2D eigenvalue weighted by Gasteiger charge is 2.45. The molecule has 2 unspecified atom stereocenters. The summed E-state index contributed by atoms with van der Waals surface area (Å²) in [7, 11) is 0. The number of hydrazine groups is 1. The molecule has 1 aliphatic heterocycles. The van der Waals surface area contributed by atoms with E-state index in [1.165, 1.54) is 12.1 Å². The number of ketones is 1. The highest BCUT2D eigenvalue weighted by atomic mass is 19.1. The third kappa shape index (κ3) is 3.59. The number of rotatable bonds is 6. The molecule has 0 saturated carbocycles. The van der Waals surface area contributed by atoms with Crippen LogP contribution in [-0.2, 0) is 9.59 Å². The molecular formula is C17H22FN3O2. The van der Waals surface area contributed by atoms with Gasteiger partial charge in [0.15, 0.2) is 6.29 Å². The average Bonchev–Trinajstić information content (AvgIpc) is 2.91. The largest absolute Gasteiger partial charge is 0.307 e. The number of nitrogens with one attached hydrogen (secondary N) is 3. The Kier molecular flexibility index (Phi) is 5.15. The maximum atomic E-state index is 12.9. The number of Topliss-reactive ketones (excluding diaryl/α,β-unsaturated/α-hetero) is 1. The van der Waals surface area contributed by atoms with Gasteiger partial charge < -0.3 is 16.2 Å². The lowest BCUT2D eigenvalue weighted by Gasteiger charge is -2.29. The minimum absolute atomic E-state index is 0.305. The molecule has 1 fully saturated rings. The van der Waals surface area contributed by atoms with Gasteiger partial charge in [-0.1, -0.05) is 6.92 Å². The van der Waals surface area contributed by atoms with Crippen molar-refractivity contribution in [3.05, 3.63) is 41.4 Å². The van der Waals surface area contributed by atoms with Gasteiger partial charge in [-0.15, -0.1) is 0 Å². The van der Waals surface area contributed by atoms with Crippen LogP contribution in [0.5, 0.6) is 0 Å². The molecule has 0 aliphatic carbocycles. The van der Waals surface area contributed by atoms with Crippen molar-refractivity contribution < 1.29 is 14.0 Å². The Labute approximate surface area is 135 Å². The van der Waals surface area contributed by atoms with E-state index in [0.29, 0.717) is 18.5 Å². The Morgan fingerprint density at radius 3 is 2.65 bits per heavy atom. The number of hydrogen-bond donors (Lipinski definition) is 3. The van der Waals surface area contributed by atoms with Crippen LogP contribution in [-0.4, -0.2) is 24.2 Å². The second kappa shape index (κ2) is 6.91. The molecule has 1 saturated heterocycles. The number of aldehydes is 1. The zero-order chi connectivity index (χ0) is 17.0. The number of halogens is 1. The third-order valence-electron chi connectivity index (χ3n) is 4.52. The molecule has 1 aromatic carbocycles. The molecule has 0 aromatic heterocycles. The summed E-state index contributed by atoms with van der Waals surface area (Å²) in [6.45, 7) is 6.33. The predicted molar refractivity (Wildman–Crippen MR) is 87.1 cm³/mol. The summed E-state index contributed by atoms with van der Waals surface area (Å²) >= 11 is 0. The maximum absolute atomic E-state index is 12.9. The van der Waals surface area contributed by atoms with Gasteiger partial charge in [0, 0.05) is 17.8 Å². The van der Waals surface area contributed by atoms with Crippen LogP contribution in [0.3, 0.4) is 0 Å². The summed E-state index contributed by atoms with van der Waals surface area (Å²) in [5.41, 5.74) is 7.92. The Hall–Kier alpha value is -2.21. The van der Waals surface area contributed by atoms with E-state index in [9.17, 15) is 14.0 Å². The van der Waals surface area contributed by atoms with Crippen molar-refractivity contribution in [3.63, 3.8) is 0 Å². The topological polar surface area (TPSA) is 70.2 Å². The van der Waals surface area contributed by atoms with Crippen molar-refractivity contribution in [2.75, 3.05) is 12.0 Å². The third-order valence-corrected chi connectivity index (χ3v) is 4.52. The number of allylic oxidation sites excluding steroid dienone is 1. The molecule has 6 heteroatoms. The van der Waals surface area contributed by atoms with Gasteiger partial charge in [0.05, 0.1) is 11.6 Å². The highest BCUT2D eigenvalue weighted by Crippen LogP contribution is 2.35. The SMILES string of the molecule is CCC1(C)NCC(=C(C)NNc2ccc(F)cc2)C1C(=O)C=O. The van der Waals surface area contributed by atoms with Crippen LogP contribution < -0.4 is 16.2 Å². The van der Waals surface area contributed by atoms with Crippen LogP contribution in [0.25, 0.3) is 0 Å². The Morgan fingerprint density at radius 1 is 1.43 bits per heavy atom. The van der Waals surface area contributed by atoms with Gasteiger partial charge in [0.1, 0.15) is 5.82 Å². The van der Waals surface area contributed by atoms with E-state index >= 15 is 0 Å². The first-order valence-corrected chi connectivity index (χ1v) is 7.62. The lowest BCUT2D eigenvalue weighted by atomic mass is 9.79. The molecule has 1 heterocycles. The van der Waals surface area contributed by atoms with Crippen LogP contribution >= 0.6 is 0 Å². The Balaban J connectivity index is 2.19. The summed E-state index contributed by atoms with van der Waals surface area (Å²) in [6.07, 6.45) is 1.13. The smallest absolute Gasteiger partial charge is 0.204 e. The summed E-state index contributed by atoms with van der Waals surface area (Å²) in [4.78, 5) is 23.1. The van der Waals surface area contributed by atoms with Gasteiger partial charge in [-0.05, 0) is 50.1 Å². The summed E-state index contributed by atoms with van der Waals surface area (Å²) in [6, 6.07) is 5.93. The van der Waals surface area contributed by atoms with E-state index in [1.54, 1.807) is 12.1 Å². The van der Waals surface area contributed by atoms with E-state index in [-0.39, 0.29) is 5.82 Å². The van der Waals surface area contributed by atoms with Gasteiger partial charge in [-0.2, -0.15) is 0 Å². The van der Waals surface area contributed by atoms with Gasteiger partial charge in [-0.3, -0.25) is 9.59 Å². The molecular weight excluding hydrogens is 297 g/mol. The molecule has 1 aliphatic rings. The van der Waals surface area contributed by atoms with E-state index in [1.807, 2.05) is 20.8 Å². The van der Waals surface area contributed by atoms with E-state index in [0.717, 1.165) is 17.7 Å². The number of benzene rings is 1. The van der Waals surface area contributed by atoms with E-state index in [2.05, 4.69) is 16.2 Å². The normalized spacial score (nSPS) is 25.8. The average molecular weight is 319 g/mol. The molecule has 0 radical (unpaired) electrons. The number of carbonyl (C=O) groups is 2.